The Balaban J connectivity index is 1.59. The van der Waals surface area contributed by atoms with Crippen molar-refractivity contribution in [3.05, 3.63) is 42.5 Å². The van der Waals surface area contributed by atoms with Gasteiger partial charge in [0.2, 0.25) is 12.7 Å². The van der Waals surface area contributed by atoms with Crippen LogP contribution < -0.4 is 25.4 Å². The van der Waals surface area contributed by atoms with Crippen LogP contribution in [-0.4, -0.2) is 18.7 Å². The van der Waals surface area contributed by atoms with Crippen molar-refractivity contribution in [2.45, 2.75) is 6.92 Å². The van der Waals surface area contributed by atoms with Crippen molar-refractivity contribution in [3.63, 3.8) is 0 Å². The minimum atomic E-state index is -0.379. The molecule has 0 unspecified atom stereocenters. The highest BCUT2D eigenvalue weighted by atomic mass is 16.7. The second-order valence-corrected chi connectivity index (χ2v) is 4.91. The molecule has 7 heteroatoms. The molecule has 2 aromatic rings. The van der Waals surface area contributed by atoms with E-state index in [1.54, 1.807) is 42.5 Å². The van der Waals surface area contributed by atoms with Gasteiger partial charge in [-0.1, -0.05) is 0 Å². The van der Waals surface area contributed by atoms with Crippen LogP contribution in [0.25, 0.3) is 0 Å². The smallest absolute Gasteiger partial charge is 0.323 e. The maximum atomic E-state index is 12.0. The fraction of sp³-hybridized carbons (Fsp3) is 0.125. The lowest BCUT2D eigenvalue weighted by Gasteiger charge is -2.09. The zero-order valence-corrected chi connectivity index (χ0v) is 12.4. The van der Waals surface area contributed by atoms with E-state index in [-0.39, 0.29) is 18.7 Å². The first kappa shape index (κ1) is 14.7. The second kappa shape index (κ2) is 6.27. The number of urea groups is 1. The van der Waals surface area contributed by atoms with Gasteiger partial charge < -0.3 is 25.4 Å². The summed E-state index contributed by atoms with van der Waals surface area (Å²) in [5, 5.41) is 8.07. The molecular weight excluding hydrogens is 298 g/mol. The molecule has 23 heavy (non-hydrogen) atoms. The summed E-state index contributed by atoms with van der Waals surface area (Å²) < 4.78 is 10.5. The highest BCUT2D eigenvalue weighted by Gasteiger charge is 2.14. The number of carbonyl (C=O) groups is 2. The molecule has 0 bridgehead atoms. The summed E-state index contributed by atoms with van der Waals surface area (Å²) >= 11 is 0. The zero-order valence-electron chi connectivity index (χ0n) is 12.4. The van der Waals surface area contributed by atoms with E-state index in [1.807, 2.05) is 0 Å². The maximum Gasteiger partial charge on any atom is 0.323 e. The van der Waals surface area contributed by atoms with Crippen molar-refractivity contribution in [2.24, 2.45) is 0 Å². The summed E-state index contributed by atoms with van der Waals surface area (Å²) in [7, 11) is 0. The molecule has 3 N–H and O–H groups in total. The Bertz CT molecular complexity index is 743. The minimum Gasteiger partial charge on any atom is -0.454 e. The molecule has 0 spiro atoms. The fourth-order valence-electron chi connectivity index (χ4n) is 2.11. The number of anilines is 3. The molecule has 0 saturated heterocycles. The first-order chi connectivity index (χ1) is 11.1. The van der Waals surface area contributed by atoms with E-state index in [0.717, 1.165) is 0 Å². The van der Waals surface area contributed by atoms with E-state index in [0.29, 0.717) is 28.6 Å². The predicted octanol–water partition coefficient (Wildman–Crippen LogP) is 3.02. The SMILES string of the molecule is CC(=O)Nc1ccc(NC(=O)Nc2ccc3c(c2)OCO3)cc1. The summed E-state index contributed by atoms with van der Waals surface area (Å²) in [5.41, 5.74) is 1.87. The molecule has 2 aromatic carbocycles. The van der Waals surface area contributed by atoms with Crippen LogP contribution in [0.2, 0.25) is 0 Å². The van der Waals surface area contributed by atoms with E-state index < -0.39 is 0 Å². The van der Waals surface area contributed by atoms with Gasteiger partial charge in [0.05, 0.1) is 0 Å². The van der Waals surface area contributed by atoms with Gasteiger partial charge in [-0.05, 0) is 36.4 Å². The molecule has 7 nitrogen and oxygen atoms in total. The van der Waals surface area contributed by atoms with E-state index in [1.165, 1.54) is 6.92 Å². The standard InChI is InChI=1S/C16H15N3O4/c1-10(20)17-11-2-4-12(5-3-11)18-16(21)19-13-6-7-14-15(8-13)23-9-22-14/h2-8H,9H2,1H3,(H,17,20)(H2,18,19,21). The third-order valence-corrected chi connectivity index (χ3v) is 3.09. The quantitative estimate of drug-likeness (QED) is 0.812. The molecule has 3 amide bonds. The van der Waals surface area contributed by atoms with Crippen molar-refractivity contribution in [1.82, 2.24) is 0 Å². The summed E-state index contributed by atoms with van der Waals surface area (Å²) in [6.07, 6.45) is 0. The van der Waals surface area contributed by atoms with Crippen LogP contribution in [-0.2, 0) is 4.79 Å². The number of benzene rings is 2. The normalized spacial score (nSPS) is 11.7. The summed E-state index contributed by atoms with van der Waals surface area (Å²) in [6.45, 7) is 1.62. The van der Waals surface area contributed by atoms with Crippen LogP contribution in [0.15, 0.2) is 42.5 Å². The Hall–Kier alpha value is -3.22. The van der Waals surface area contributed by atoms with Gasteiger partial charge in [-0.2, -0.15) is 0 Å². The monoisotopic (exact) mass is 313 g/mol. The molecule has 118 valence electrons. The Morgan fingerprint density at radius 1 is 0.826 bits per heavy atom. The molecule has 0 aromatic heterocycles. The first-order valence-electron chi connectivity index (χ1n) is 6.95. The van der Waals surface area contributed by atoms with Gasteiger partial charge in [0.1, 0.15) is 0 Å². The molecule has 0 atom stereocenters. The van der Waals surface area contributed by atoms with Crippen molar-refractivity contribution < 1.29 is 19.1 Å². The molecule has 0 aliphatic carbocycles. The van der Waals surface area contributed by atoms with E-state index in [4.69, 9.17) is 9.47 Å². The summed E-state index contributed by atoms with van der Waals surface area (Å²) in [4.78, 5) is 22.9. The maximum absolute atomic E-state index is 12.0. The van der Waals surface area contributed by atoms with Gasteiger partial charge in [-0.15, -0.1) is 0 Å². The first-order valence-corrected chi connectivity index (χ1v) is 6.95. The largest absolute Gasteiger partial charge is 0.454 e. The van der Waals surface area contributed by atoms with Crippen LogP contribution in [0.4, 0.5) is 21.9 Å². The Morgan fingerprint density at radius 2 is 1.39 bits per heavy atom. The van der Waals surface area contributed by atoms with Gasteiger partial charge in [-0.25, -0.2) is 4.79 Å². The Morgan fingerprint density at radius 3 is 2.09 bits per heavy atom. The molecule has 1 heterocycles. The lowest BCUT2D eigenvalue weighted by molar-refractivity contribution is -0.114. The van der Waals surface area contributed by atoms with Crippen LogP contribution in [0.1, 0.15) is 6.92 Å². The summed E-state index contributed by atoms with van der Waals surface area (Å²) in [6, 6.07) is 11.6. The number of amides is 3. The third-order valence-electron chi connectivity index (χ3n) is 3.09. The average molecular weight is 313 g/mol. The second-order valence-electron chi connectivity index (χ2n) is 4.91. The molecule has 1 aliphatic heterocycles. The van der Waals surface area contributed by atoms with E-state index in [9.17, 15) is 9.59 Å². The topological polar surface area (TPSA) is 88.7 Å². The lowest BCUT2D eigenvalue weighted by Crippen LogP contribution is -2.19. The number of fused-ring (bicyclic) bond motifs is 1. The molecule has 1 aliphatic rings. The Labute approximate surface area is 132 Å². The molecule has 0 saturated carbocycles. The molecule has 0 fully saturated rings. The van der Waals surface area contributed by atoms with Gasteiger partial charge >= 0.3 is 6.03 Å². The third kappa shape index (κ3) is 3.70. The molecule has 0 radical (unpaired) electrons. The van der Waals surface area contributed by atoms with Crippen molar-refractivity contribution in [2.75, 3.05) is 22.7 Å². The number of carbonyl (C=O) groups excluding carboxylic acids is 2. The van der Waals surface area contributed by atoms with Gasteiger partial charge in [-0.3, -0.25) is 4.79 Å². The van der Waals surface area contributed by atoms with E-state index >= 15 is 0 Å². The van der Waals surface area contributed by atoms with Crippen LogP contribution in [0.5, 0.6) is 11.5 Å². The number of hydrogen-bond acceptors (Lipinski definition) is 4. The van der Waals surface area contributed by atoms with Crippen LogP contribution >= 0.6 is 0 Å². The lowest BCUT2D eigenvalue weighted by atomic mass is 10.2. The molecular formula is C16H15N3O4. The van der Waals surface area contributed by atoms with Gasteiger partial charge in [0.25, 0.3) is 0 Å². The minimum absolute atomic E-state index is 0.147. The highest BCUT2D eigenvalue weighted by molar-refractivity contribution is 6.00. The van der Waals surface area contributed by atoms with Gasteiger partial charge in [0, 0.05) is 30.1 Å². The number of hydrogen-bond donors (Lipinski definition) is 3. The predicted molar refractivity (Wildman–Crippen MR) is 86.0 cm³/mol. The van der Waals surface area contributed by atoms with Crippen molar-refractivity contribution >= 4 is 29.0 Å². The average Bonchev–Trinajstić information content (AvgIpc) is 2.96. The van der Waals surface area contributed by atoms with E-state index in [2.05, 4.69) is 16.0 Å². The summed E-state index contributed by atoms with van der Waals surface area (Å²) in [5.74, 6) is 1.11. The fourth-order valence-corrected chi connectivity index (χ4v) is 2.11. The number of rotatable bonds is 3. The number of ether oxygens (including phenoxy) is 2. The van der Waals surface area contributed by atoms with Crippen LogP contribution in [0, 0.1) is 0 Å². The number of nitrogens with one attached hydrogen (secondary N) is 3. The Kier molecular flexibility index (Phi) is 4.01. The highest BCUT2D eigenvalue weighted by Crippen LogP contribution is 2.34. The van der Waals surface area contributed by atoms with Crippen molar-refractivity contribution in [1.29, 1.82) is 0 Å². The van der Waals surface area contributed by atoms with Gasteiger partial charge in [0.15, 0.2) is 11.5 Å². The van der Waals surface area contributed by atoms with Crippen molar-refractivity contribution in [3.8, 4) is 11.5 Å². The molecule has 3 rings (SSSR count). The van der Waals surface area contributed by atoms with Crippen LogP contribution in [0.3, 0.4) is 0 Å². The zero-order chi connectivity index (χ0) is 16.2.